The van der Waals surface area contributed by atoms with E-state index in [9.17, 15) is 4.79 Å². The molecule has 0 fully saturated rings. The number of carbonyl (C=O) groups is 1. The van der Waals surface area contributed by atoms with Crippen LogP contribution in [0.4, 0.5) is 0 Å². The maximum atomic E-state index is 10.3. The van der Waals surface area contributed by atoms with Gasteiger partial charge in [-0.25, -0.2) is 4.79 Å². The molecule has 0 radical (unpaired) electrons. The lowest BCUT2D eigenvalue weighted by Crippen LogP contribution is -2.15. The summed E-state index contributed by atoms with van der Waals surface area (Å²) in [4.78, 5) is 10.3. The first-order valence-corrected chi connectivity index (χ1v) is 3.30. The molecule has 1 atom stereocenters. The third-order valence-electron chi connectivity index (χ3n) is 1.62. The van der Waals surface area contributed by atoms with Gasteiger partial charge >= 0.3 is 5.97 Å². The fourth-order valence-corrected chi connectivity index (χ4v) is 1.06. The van der Waals surface area contributed by atoms with Crippen LogP contribution >= 0.6 is 0 Å². The van der Waals surface area contributed by atoms with Crippen molar-refractivity contribution in [3.05, 3.63) is 11.6 Å². The van der Waals surface area contributed by atoms with Gasteiger partial charge in [0.15, 0.2) is 0 Å². The molecule has 0 aromatic rings. The number of hydrogen-bond donors (Lipinski definition) is 2. The minimum absolute atomic E-state index is 0.301. The highest BCUT2D eigenvalue weighted by Crippen LogP contribution is 2.17. The second kappa shape index (κ2) is 2.84. The Morgan fingerprint density at radius 3 is 2.80 bits per heavy atom. The van der Waals surface area contributed by atoms with Crippen LogP contribution < -0.4 is 0 Å². The first-order chi connectivity index (χ1) is 4.70. The number of carboxylic acids is 1. The second-order valence-electron chi connectivity index (χ2n) is 2.47. The first-order valence-electron chi connectivity index (χ1n) is 3.30. The highest BCUT2D eigenvalue weighted by molar-refractivity contribution is 5.86. The van der Waals surface area contributed by atoms with Gasteiger partial charge in [-0.05, 0) is 12.8 Å². The standard InChI is InChI=1S/C7H10O3/c8-6-3-1-2-5(4-6)7(9)10/h2,6,8H,1,3-4H2,(H,9,10)/t6-/m0/s1. The van der Waals surface area contributed by atoms with Crippen molar-refractivity contribution in [2.75, 3.05) is 0 Å². The van der Waals surface area contributed by atoms with Gasteiger partial charge in [0.05, 0.1) is 6.10 Å². The van der Waals surface area contributed by atoms with E-state index in [1.165, 1.54) is 0 Å². The summed E-state index contributed by atoms with van der Waals surface area (Å²) < 4.78 is 0. The van der Waals surface area contributed by atoms with Crippen molar-refractivity contribution in [3.8, 4) is 0 Å². The predicted octanol–water partition coefficient (Wildman–Crippen LogP) is 0.542. The number of hydrogen-bond acceptors (Lipinski definition) is 2. The molecule has 1 aliphatic rings. The van der Waals surface area contributed by atoms with Crippen LogP contribution in [0.5, 0.6) is 0 Å². The van der Waals surface area contributed by atoms with Crippen LogP contribution in [-0.2, 0) is 4.79 Å². The van der Waals surface area contributed by atoms with Gasteiger partial charge in [-0.15, -0.1) is 0 Å². The quantitative estimate of drug-likeness (QED) is 0.561. The topological polar surface area (TPSA) is 57.5 Å². The summed E-state index contributed by atoms with van der Waals surface area (Å²) in [6, 6.07) is 0. The molecule has 10 heavy (non-hydrogen) atoms. The lowest BCUT2D eigenvalue weighted by atomic mass is 9.97. The van der Waals surface area contributed by atoms with Gasteiger partial charge in [0.1, 0.15) is 0 Å². The lowest BCUT2D eigenvalue weighted by Gasteiger charge is -2.14. The van der Waals surface area contributed by atoms with Crippen molar-refractivity contribution < 1.29 is 15.0 Å². The Morgan fingerprint density at radius 2 is 2.40 bits per heavy atom. The first kappa shape index (κ1) is 7.28. The maximum Gasteiger partial charge on any atom is 0.331 e. The molecule has 1 rings (SSSR count). The fourth-order valence-electron chi connectivity index (χ4n) is 1.06. The van der Waals surface area contributed by atoms with E-state index in [0.29, 0.717) is 24.8 Å². The lowest BCUT2D eigenvalue weighted by molar-refractivity contribution is -0.133. The minimum atomic E-state index is -0.904. The number of rotatable bonds is 1. The van der Waals surface area contributed by atoms with E-state index in [2.05, 4.69) is 0 Å². The van der Waals surface area contributed by atoms with Crippen molar-refractivity contribution >= 4 is 5.97 Å². The van der Waals surface area contributed by atoms with Crippen LogP contribution in [0.2, 0.25) is 0 Å². The average Bonchev–Trinajstić information content (AvgIpc) is 1.88. The van der Waals surface area contributed by atoms with E-state index >= 15 is 0 Å². The van der Waals surface area contributed by atoms with Crippen molar-refractivity contribution in [2.24, 2.45) is 0 Å². The van der Waals surface area contributed by atoms with Crippen LogP contribution in [0.1, 0.15) is 19.3 Å². The van der Waals surface area contributed by atoms with E-state index in [4.69, 9.17) is 10.2 Å². The highest BCUT2D eigenvalue weighted by Gasteiger charge is 2.16. The molecule has 0 heterocycles. The van der Waals surface area contributed by atoms with Gasteiger partial charge in [0, 0.05) is 12.0 Å². The van der Waals surface area contributed by atoms with Crippen LogP contribution in [0, 0.1) is 0 Å². The molecule has 0 saturated carbocycles. The molecule has 0 aliphatic heterocycles. The molecule has 0 spiro atoms. The monoisotopic (exact) mass is 142 g/mol. The minimum Gasteiger partial charge on any atom is -0.478 e. The largest absolute Gasteiger partial charge is 0.478 e. The summed E-state index contributed by atoms with van der Waals surface area (Å²) in [7, 11) is 0. The van der Waals surface area contributed by atoms with Gasteiger partial charge in [-0.1, -0.05) is 6.08 Å². The van der Waals surface area contributed by atoms with E-state index < -0.39 is 12.1 Å². The summed E-state index contributed by atoms with van der Waals surface area (Å²) in [5.74, 6) is -0.904. The summed E-state index contributed by atoms with van der Waals surface area (Å²) in [5.41, 5.74) is 0.346. The normalized spacial score (nSPS) is 25.7. The molecule has 0 unspecified atom stereocenters. The number of aliphatic hydroxyl groups excluding tert-OH is 1. The van der Waals surface area contributed by atoms with Gasteiger partial charge < -0.3 is 10.2 Å². The van der Waals surface area contributed by atoms with Gasteiger partial charge in [-0.3, -0.25) is 0 Å². The molecule has 1 aliphatic carbocycles. The maximum absolute atomic E-state index is 10.3. The Labute approximate surface area is 59.0 Å². The summed E-state index contributed by atoms with van der Waals surface area (Å²) in [6.45, 7) is 0. The van der Waals surface area contributed by atoms with E-state index in [0.717, 1.165) is 0 Å². The van der Waals surface area contributed by atoms with E-state index in [1.54, 1.807) is 6.08 Å². The van der Waals surface area contributed by atoms with Crippen molar-refractivity contribution in [2.45, 2.75) is 25.4 Å². The molecule has 0 aromatic carbocycles. The number of allylic oxidation sites excluding steroid dienone is 1. The zero-order valence-corrected chi connectivity index (χ0v) is 5.58. The van der Waals surface area contributed by atoms with Crippen LogP contribution in [0.25, 0.3) is 0 Å². The molecule has 0 aromatic heterocycles. The molecular formula is C7H10O3. The Bertz CT molecular complexity index is 172. The van der Waals surface area contributed by atoms with Crippen molar-refractivity contribution in [3.63, 3.8) is 0 Å². The van der Waals surface area contributed by atoms with E-state index in [-0.39, 0.29) is 0 Å². The fraction of sp³-hybridized carbons (Fsp3) is 0.571. The third kappa shape index (κ3) is 1.57. The van der Waals surface area contributed by atoms with Crippen LogP contribution in [0.3, 0.4) is 0 Å². The smallest absolute Gasteiger partial charge is 0.331 e. The predicted molar refractivity (Wildman–Crippen MR) is 35.6 cm³/mol. The molecule has 2 N–H and O–H groups in total. The SMILES string of the molecule is O=C(O)C1=CCC[C@H](O)C1. The summed E-state index contributed by atoms with van der Waals surface area (Å²) >= 11 is 0. The van der Waals surface area contributed by atoms with Gasteiger partial charge in [-0.2, -0.15) is 0 Å². The van der Waals surface area contributed by atoms with Crippen molar-refractivity contribution in [1.29, 1.82) is 0 Å². The summed E-state index contributed by atoms with van der Waals surface area (Å²) in [6.07, 6.45) is 2.90. The van der Waals surface area contributed by atoms with Crippen LogP contribution in [0.15, 0.2) is 11.6 Å². The van der Waals surface area contributed by atoms with Crippen molar-refractivity contribution in [1.82, 2.24) is 0 Å². The molecule has 3 nitrogen and oxygen atoms in total. The zero-order chi connectivity index (χ0) is 7.56. The molecule has 0 amide bonds. The Hall–Kier alpha value is -0.830. The summed E-state index contributed by atoms with van der Waals surface area (Å²) in [5, 5.41) is 17.5. The number of aliphatic hydroxyl groups is 1. The zero-order valence-electron chi connectivity index (χ0n) is 5.58. The average molecular weight is 142 g/mol. The molecule has 0 saturated heterocycles. The third-order valence-corrected chi connectivity index (χ3v) is 1.62. The molecular weight excluding hydrogens is 132 g/mol. The Kier molecular flexibility index (Phi) is 2.06. The van der Waals surface area contributed by atoms with Crippen LogP contribution in [-0.4, -0.2) is 22.3 Å². The Balaban J connectivity index is 2.60. The Morgan fingerprint density at radius 1 is 1.70 bits per heavy atom. The molecule has 0 bridgehead atoms. The number of aliphatic carboxylic acids is 1. The molecule has 3 heteroatoms. The second-order valence-corrected chi connectivity index (χ2v) is 2.47. The van der Waals surface area contributed by atoms with Gasteiger partial charge in [0.25, 0.3) is 0 Å². The number of carboxylic acid groups (broad SMARTS) is 1. The highest BCUT2D eigenvalue weighted by atomic mass is 16.4. The van der Waals surface area contributed by atoms with E-state index in [1.807, 2.05) is 0 Å². The molecule has 56 valence electrons. The van der Waals surface area contributed by atoms with Gasteiger partial charge in [0.2, 0.25) is 0 Å².